The first kappa shape index (κ1) is 18.9. The Hall–Kier alpha value is -1.92. The van der Waals surface area contributed by atoms with Crippen LogP contribution in [0.15, 0.2) is 30.3 Å². The van der Waals surface area contributed by atoms with Crippen LogP contribution in [0.2, 0.25) is 0 Å². The first-order valence-electron chi connectivity index (χ1n) is 9.10. The second kappa shape index (κ2) is 7.00. The van der Waals surface area contributed by atoms with Crippen molar-refractivity contribution in [1.29, 1.82) is 0 Å². The lowest BCUT2D eigenvalue weighted by atomic mass is 9.90. The van der Waals surface area contributed by atoms with E-state index >= 15 is 0 Å². The summed E-state index contributed by atoms with van der Waals surface area (Å²) < 4.78 is 10.9. The Bertz CT molecular complexity index is 669. The van der Waals surface area contributed by atoms with Crippen molar-refractivity contribution < 1.29 is 23.9 Å². The average Bonchev–Trinajstić information content (AvgIpc) is 3.05. The van der Waals surface area contributed by atoms with Crippen LogP contribution in [0.25, 0.3) is 0 Å². The molecule has 0 aliphatic carbocycles. The summed E-state index contributed by atoms with van der Waals surface area (Å²) in [6.07, 6.45) is -0.646. The zero-order valence-electron chi connectivity index (χ0n) is 16.0. The molecule has 0 bridgehead atoms. The smallest absolute Gasteiger partial charge is 0.326 e. The molecule has 2 saturated heterocycles. The topological polar surface area (TPSA) is 65.1 Å². The molecule has 0 amide bonds. The van der Waals surface area contributed by atoms with Gasteiger partial charge >= 0.3 is 11.9 Å². The first-order chi connectivity index (χ1) is 12.2. The molecule has 0 spiro atoms. The molecule has 26 heavy (non-hydrogen) atoms. The van der Waals surface area contributed by atoms with Crippen molar-refractivity contribution in [2.75, 3.05) is 0 Å². The maximum absolute atomic E-state index is 12.4. The lowest BCUT2D eigenvalue weighted by Gasteiger charge is -2.27. The number of carbonyl (C=O) groups excluding carboxylic acids is 2. The number of nitrogens with zero attached hydrogens (tertiary/aromatic N) is 1. The summed E-state index contributed by atoms with van der Waals surface area (Å²) in [6, 6.07) is 9.20. The molecule has 2 fully saturated rings. The average molecular weight is 361 g/mol. The van der Waals surface area contributed by atoms with Gasteiger partial charge in [0.1, 0.15) is 17.7 Å². The fraction of sp³-hybridized carbons (Fsp3) is 0.600. The minimum Gasteiger partial charge on any atom is -0.461 e. The fourth-order valence-corrected chi connectivity index (χ4v) is 3.75. The molecule has 142 valence electrons. The monoisotopic (exact) mass is 361 g/mol. The minimum absolute atomic E-state index is 0.0947. The predicted octanol–water partition coefficient (Wildman–Crippen LogP) is 3.03. The number of fused-ring (bicyclic) bond motifs is 1. The van der Waals surface area contributed by atoms with E-state index in [0.29, 0.717) is 0 Å². The summed E-state index contributed by atoms with van der Waals surface area (Å²) in [5.74, 6) is -0.819. The van der Waals surface area contributed by atoms with Crippen molar-refractivity contribution in [3.63, 3.8) is 0 Å². The predicted molar refractivity (Wildman–Crippen MR) is 94.9 cm³/mol. The van der Waals surface area contributed by atoms with Crippen LogP contribution in [0.4, 0.5) is 0 Å². The maximum Gasteiger partial charge on any atom is 0.326 e. The number of esters is 2. The zero-order valence-corrected chi connectivity index (χ0v) is 16.0. The Balaban J connectivity index is 1.80. The van der Waals surface area contributed by atoms with Crippen molar-refractivity contribution in [3.8, 4) is 0 Å². The van der Waals surface area contributed by atoms with E-state index in [9.17, 15) is 9.59 Å². The van der Waals surface area contributed by atoms with Crippen molar-refractivity contribution in [3.05, 3.63) is 35.9 Å². The molecule has 1 aromatic carbocycles. The number of cyclic esters (lactones) is 1. The lowest BCUT2D eigenvalue weighted by Crippen LogP contribution is -2.37. The highest BCUT2D eigenvalue weighted by Crippen LogP contribution is 2.43. The van der Waals surface area contributed by atoms with Crippen LogP contribution in [-0.4, -0.2) is 40.9 Å². The Morgan fingerprint density at radius 1 is 1.27 bits per heavy atom. The van der Waals surface area contributed by atoms with Crippen LogP contribution in [0.5, 0.6) is 0 Å². The quantitative estimate of drug-likeness (QED) is 0.768. The minimum atomic E-state index is -0.556. The molecule has 2 heterocycles. The largest absolute Gasteiger partial charge is 0.461 e. The molecular formula is C20H27NO5. The third-order valence-electron chi connectivity index (χ3n) is 4.86. The van der Waals surface area contributed by atoms with E-state index in [4.69, 9.17) is 14.3 Å². The van der Waals surface area contributed by atoms with E-state index < -0.39 is 17.7 Å². The molecule has 6 heteroatoms. The molecule has 0 unspecified atom stereocenters. The number of carbonyl (C=O) groups is 2. The van der Waals surface area contributed by atoms with E-state index in [-0.39, 0.29) is 36.4 Å². The van der Waals surface area contributed by atoms with Crippen LogP contribution in [0, 0.1) is 5.92 Å². The Kier molecular flexibility index (Phi) is 5.08. The summed E-state index contributed by atoms with van der Waals surface area (Å²) >= 11 is 0. The van der Waals surface area contributed by atoms with Crippen molar-refractivity contribution in [2.45, 2.75) is 70.9 Å². The van der Waals surface area contributed by atoms with Gasteiger partial charge in [0.15, 0.2) is 0 Å². The summed E-state index contributed by atoms with van der Waals surface area (Å²) in [6.45, 7) is 9.33. The van der Waals surface area contributed by atoms with Gasteiger partial charge in [0, 0.05) is 0 Å². The lowest BCUT2D eigenvalue weighted by molar-refractivity contribution is -0.206. The zero-order chi connectivity index (χ0) is 19.1. The first-order valence-corrected chi connectivity index (χ1v) is 9.10. The normalized spacial score (nSPS) is 30.0. The Morgan fingerprint density at radius 2 is 1.92 bits per heavy atom. The van der Waals surface area contributed by atoms with Crippen molar-refractivity contribution in [1.82, 2.24) is 5.06 Å². The molecule has 1 aromatic rings. The number of hydroxylamine groups is 2. The molecule has 3 rings (SSSR count). The second-order valence-corrected chi connectivity index (χ2v) is 8.05. The standard InChI is InChI=1S/C20H27NO5/c1-12(14-9-7-6-8-10-14)21-18-17(13(2)24-19(18)23)15(26-21)11-16(22)25-20(3,4)5/h6-10,12-13,15,17-18H,11H2,1-5H3/t12-,13+,15+,17+,18-/m1/s1. The number of rotatable bonds is 4. The van der Waals surface area contributed by atoms with E-state index in [1.807, 2.05) is 65.0 Å². The number of hydrogen-bond donors (Lipinski definition) is 0. The summed E-state index contributed by atoms with van der Waals surface area (Å²) in [4.78, 5) is 30.8. The van der Waals surface area contributed by atoms with Gasteiger partial charge in [-0.15, -0.1) is 0 Å². The molecule has 0 radical (unpaired) electrons. The molecule has 6 nitrogen and oxygen atoms in total. The number of hydrogen-bond acceptors (Lipinski definition) is 6. The fourth-order valence-electron chi connectivity index (χ4n) is 3.75. The highest BCUT2D eigenvalue weighted by atomic mass is 16.7. The molecule has 2 aliphatic heterocycles. The highest BCUT2D eigenvalue weighted by molar-refractivity contribution is 5.79. The van der Waals surface area contributed by atoms with E-state index in [1.54, 1.807) is 5.06 Å². The van der Waals surface area contributed by atoms with Crippen LogP contribution in [-0.2, 0) is 23.9 Å². The molecule has 0 N–H and O–H groups in total. The van der Waals surface area contributed by atoms with E-state index in [0.717, 1.165) is 5.56 Å². The van der Waals surface area contributed by atoms with Gasteiger partial charge in [0.2, 0.25) is 0 Å². The van der Waals surface area contributed by atoms with Gasteiger partial charge in [-0.25, -0.2) is 0 Å². The number of ether oxygens (including phenoxy) is 2. The van der Waals surface area contributed by atoms with Gasteiger partial charge in [0.25, 0.3) is 0 Å². The maximum atomic E-state index is 12.4. The van der Waals surface area contributed by atoms with Crippen molar-refractivity contribution in [2.24, 2.45) is 5.92 Å². The Labute approximate surface area is 154 Å². The van der Waals surface area contributed by atoms with E-state index in [1.165, 1.54) is 0 Å². The van der Waals surface area contributed by atoms with Crippen molar-refractivity contribution >= 4 is 11.9 Å². The summed E-state index contributed by atoms with van der Waals surface area (Å²) in [5.41, 5.74) is 0.483. The SMILES string of the molecule is C[C@@H]1OC(=O)[C@H]2[C@@H]1[C@H](CC(=O)OC(C)(C)C)ON2[C@H](C)c1ccccc1. The second-order valence-electron chi connectivity index (χ2n) is 8.05. The molecule has 5 atom stereocenters. The van der Waals surface area contributed by atoms with Gasteiger partial charge < -0.3 is 9.47 Å². The van der Waals surface area contributed by atoms with Gasteiger partial charge in [-0.05, 0) is 40.2 Å². The summed E-state index contributed by atoms with van der Waals surface area (Å²) in [7, 11) is 0. The van der Waals surface area contributed by atoms with Gasteiger partial charge in [0.05, 0.1) is 24.5 Å². The molecular weight excluding hydrogens is 334 g/mol. The van der Waals surface area contributed by atoms with Crippen LogP contribution < -0.4 is 0 Å². The highest BCUT2D eigenvalue weighted by Gasteiger charge is 2.58. The van der Waals surface area contributed by atoms with Gasteiger partial charge in [-0.3, -0.25) is 14.4 Å². The molecule has 0 saturated carbocycles. The van der Waals surface area contributed by atoms with Crippen LogP contribution in [0.3, 0.4) is 0 Å². The van der Waals surface area contributed by atoms with Gasteiger partial charge in [-0.1, -0.05) is 30.3 Å². The summed E-state index contributed by atoms with van der Waals surface area (Å²) in [5, 5.41) is 1.70. The third kappa shape index (κ3) is 3.76. The molecule has 2 aliphatic rings. The van der Waals surface area contributed by atoms with Gasteiger partial charge in [-0.2, -0.15) is 5.06 Å². The van der Waals surface area contributed by atoms with Crippen LogP contribution >= 0.6 is 0 Å². The van der Waals surface area contributed by atoms with E-state index in [2.05, 4.69) is 0 Å². The molecule has 0 aromatic heterocycles. The third-order valence-corrected chi connectivity index (χ3v) is 4.86. The Morgan fingerprint density at radius 3 is 2.54 bits per heavy atom. The van der Waals surface area contributed by atoms with Crippen LogP contribution in [0.1, 0.15) is 52.6 Å². The number of benzene rings is 1.